The quantitative estimate of drug-likeness (QED) is 0.0389. The van der Waals surface area contributed by atoms with Gasteiger partial charge in [-0.05, 0) is 73.7 Å². The van der Waals surface area contributed by atoms with Crippen molar-refractivity contribution in [2.75, 3.05) is 65.1 Å². The average molecular weight is 1130 g/mol. The van der Waals surface area contributed by atoms with Crippen LogP contribution in [-0.2, 0) is 41.6 Å². The Hall–Kier alpha value is -6.82. The number of halogens is 10. The van der Waals surface area contributed by atoms with Crippen molar-refractivity contribution in [1.29, 1.82) is 0 Å². The summed E-state index contributed by atoms with van der Waals surface area (Å²) in [6.07, 6.45) is -9.97. The molecule has 2 amide bonds. The number of aliphatic hydroxyl groups excluding tert-OH is 1. The summed E-state index contributed by atoms with van der Waals surface area (Å²) in [6.45, 7) is 4.55. The molecule has 0 radical (unpaired) electrons. The number of nitrogens with one attached hydrogen (secondary N) is 2. The van der Waals surface area contributed by atoms with E-state index >= 15 is 8.78 Å². The number of benzene rings is 2. The maximum Gasteiger partial charge on any atom is 0.407 e. The van der Waals surface area contributed by atoms with Crippen molar-refractivity contribution in [3.8, 4) is 23.0 Å². The van der Waals surface area contributed by atoms with E-state index in [-0.39, 0.29) is 24.1 Å². The molecule has 0 saturated carbocycles. The minimum absolute atomic E-state index is 0.0303. The molecule has 79 heavy (non-hydrogen) atoms. The first-order valence-electron chi connectivity index (χ1n) is 24.7. The van der Waals surface area contributed by atoms with Gasteiger partial charge in [0.1, 0.15) is 23.5 Å². The molecule has 0 bridgehead atoms. The molecule has 2 aliphatic heterocycles. The highest BCUT2D eigenvalue weighted by Gasteiger charge is 2.56. The number of nitrogens with two attached hydrogens (primary N) is 1. The topological polar surface area (TPSA) is 203 Å². The van der Waals surface area contributed by atoms with Crippen LogP contribution in [0.1, 0.15) is 69.3 Å². The molecule has 0 spiro atoms. The molecule has 2 aromatic carbocycles. The first-order valence-corrected chi connectivity index (χ1v) is 24.7. The second kappa shape index (κ2) is 26.9. The average Bonchev–Trinajstić information content (AvgIpc) is 3.89. The third-order valence-corrected chi connectivity index (χ3v) is 14.0. The Morgan fingerprint density at radius 2 is 1.42 bits per heavy atom. The van der Waals surface area contributed by atoms with Gasteiger partial charge in [-0.1, -0.05) is 37.8 Å². The van der Waals surface area contributed by atoms with Gasteiger partial charge < -0.3 is 40.6 Å². The molecule has 16 nitrogen and oxygen atoms in total. The van der Waals surface area contributed by atoms with Gasteiger partial charge in [0.2, 0.25) is 5.91 Å². The maximum absolute atomic E-state index is 15.1. The van der Waals surface area contributed by atoms with Gasteiger partial charge in [-0.25, -0.2) is 23.2 Å². The summed E-state index contributed by atoms with van der Waals surface area (Å²) in [7, 11) is 1.97. The van der Waals surface area contributed by atoms with Crippen LogP contribution in [0.15, 0.2) is 67.1 Å². The predicted molar refractivity (Wildman–Crippen MR) is 267 cm³/mol. The molecular formula is C53H62F10N8O8. The second-order valence-electron chi connectivity index (χ2n) is 20.0. The largest absolute Gasteiger partial charge is 0.469 e. The van der Waals surface area contributed by atoms with Crippen LogP contribution in [0.5, 0.6) is 0 Å². The fourth-order valence-corrected chi connectivity index (χ4v) is 8.50. The third-order valence-electron chi connectivity index (χ3n) is 14.0. The molecule has 26 heteroatoms. The third kappa shape index (κ3) is 16.6. The van der Waals surface area contributed by atoms with E-state index in [0.717, 1.165) is 112 Å². The highest BCUT2D eigenvalue weighted by Crippen LogP contribution is 2.45. The zero-order chi connectivity index (χ0) is 58.6. The summed E-state index contributed by atoms with van der Waals surface area (Å²) in [4.78, 5) is 57.0. The molecule has 0 aliphatic carbocycles. The molecular weight excluding hydrogens is 1070 g/mol. The van der Waals surface area contributed by atoms with Gasteiger partial charge in [0, 0.05) is 80.3 Å². The number of primary amides is 1. The number of alkyl carbamates (subject to hydrolysis) is 1. The van der Waals surface area contributed by atoms with Gasteiger partial charge in [-0.2, -0.15) is 40.2 Å². The molecule has 4 aromatic rings. The van der Waals surface area contributed by atoms with Crippen LogP contribution in [0.4, 0.5) is 54.5 Å². The fourth-order valence-electron chi connectivity index (χ4n) is 8.50. The van der Waals surface area contributed by atoms with Crippen LogP contribution in [0.25, 0.3) is 11.1 Å². The zero-order valence-electron chi connectivity index (χ0n) is 44.0. The zero-order valence-corrected chi connectivity index (χ0v) is 44.0. The van der Waals surface area contributed by atoms with Gasteiger partial charge in [-0.3, -0.25) is 19.3 Å². The van der Waals surface area contributed by atoms with Gasteiger partial charge in [0.15, 0.2) is 5.78 Å². The number of pyridine rings is 1. The van der Waals surface area contributed by atoms with Crippen LogP contribution in [0.3, 0.4) is 0 Å². The monoisotopic (exact) mass is 1130 g/mol. The number of hydrogen-bond acceptors (Lipinski definition) is 13. The lowest BCUT2D eigenvalue weighted by atomic mass is 9.76. The number of carbonyl (C=O) groups excluding carboxylic acids is 4. The number of hydrogen-bond donors (Lipinski definition) is 4. The predicted octanol–water partition coefficient (Wildman–Crippen LogP) is 7.36. The molecule has 4 atom stereocenters. The molecule has 5 N–H and O–H groups in total. The Labute approximate surface area is 449 Å². The number of aromatic nitrogens is 3. The maximum atomic E-state index is 15.1. The highest BCUT2D eigenvalue weighted by molar-refractivity contribution is 5.88. The van der Waals surface area contributed by atoms with Crippen molar-refractivity contribution in [3.63, 3.8) is 0 Å². The minimum Gasteiger partial charge on any atom is -0.469 e. The normalized spacial score (nSPS) is 16.1. The first-order chi connectivity index (χ1) is 37.0. The van der Waals surface area contributed by atoms with Crippen LogP contribution in [-0.4, -0.2) is 139 Å². The summed E-state index contributed by atoms with van der Waals surface area (Å²) in [5.41, 5.74) is 1.23. The van der Waals surface area contributed by atoms with E-state index in [4.69, 9.17) is 10.5 Å². The van der Waals surface area contributed by atoms with E-state index in [0.29, 0.717) is 27.4 Å². The van der Waals surface area contributed by atoms with Crippen molar-refractivity contribution in [1.82, 2.24) is 30.3 Å². The van der Waals surface area contributed by atoms with Crippen LogP contribution < -0.4 is 21.3 Å². The number of methoxy groups -OCH3 is 2. The van der Waals surface area contributed by atoms with Crippen molar-refractivity contribution >= 4 is 29.6 Å². The number of esters is 1. The number of aliphatic hydroxyl groups is 1. The van der Waals surface area contributed by atoms with Crippen LogP contribution >= 0.6 is 0 Å². The number of Topliss-reactive ketones (excluding diaryl/α,β-unsaturated/α-hetero) is 1. The van der Waals surface area contributed by atoms with Crippen molar-refractivity contribution in [2.45, 2.75) is 90.6 Å². The smallest absolute Gasteiger partial charge is 0.407 e. The summed E-state index contributed by atoms with van der Waals surface area (Å²) in [6, 6.07) is 10.9. The number of anilines is 1. The van der Waals surface area contributed by atoms with Gasteiger partial charge in [0.05, 0.1) is 68.9 Å². The van der Waals surface area contributed by atoms with Crippen LogP contribution in [0, 0.1) is 46.1 Å². The van der Waals surface area contributed by atoms with E-state index in [2.05, 4.69) is 46.5 Å². The molecule has 0 unspecified atom stereocenters. The number of amides is 2. The molecule has 432 valence electrons. The SMILES string of the molecule is COC(=O)C[C@H](C(N)=O)C(C)(C)C(F)(F)F.COC(=O)N[C@H](C(=O)C[C@@H](Cc1ccc(C#Cc2ccc(N3CCN(C4COC4)CC3)nc2)cc1)[C@@H](O)CNCc1c(F)cc(-c2cnn(C(F)F)c2)cc1F)C(C)(C)C(F)(F)F. The Morgan fingerprint density at radius 1 is 0.823 bits per heavy atom. The number of carbonyl (C=O) groups is 4. The van der Waals surface area contributed by atoms with E-state index in [1.807, 2.05) is 17.4 Å². The number of piperazine rings is 1. The van der Waals surface area contributed by atoms with Crippen LogP contribution in [0.2, 0.25) is 0 Å². The molecule has 6 rings (SSSR count). The summed E-state index contributed by atoms with van der Waals surface area (Å²) >= 11 is 0. The molecule has 2 aliphatic rings. The van der Waals surface area contributed by atoms with Crippen molar-refractivity contribution in [2.24, 2.45) is 28.4 Å². The molecule has 2 saturated heterocycles. The number of rotatable bonds is 20. The number of nitrogens with zero attached hydrogens (tertiary/aromatic N) is 5. The van der Waals surface area contributed by atoms with E-state index < -0.39 is 114 Å². The summed E-state index contributed by atoms with van der Waals surface area (Å²) in [5.74, 6) is -0.822. The number of ether oxygens (including phenoxy) is 3. The lowest BCUT2D eigenvalue weighted by Crippen LogP contribution is -2.56. The first kappa shape index (κ1) is 63.0. The van der Waals surface area contributed by atoms with E-state index in [9.17, 15) is 59.4 Å². The highest BCUT2D eigenvalue weighted by atomic mass is 19.4. The lowest BCUT2D eigenvalue weighted by molar-refractivity contribution is -0.229. The molecule has 4 heterocycles. The standard InChI is InChI=1S/C44H48F7N7O5.C9H14F3NO3/c1-43(2,44(49,50)51)40(55-42(61)62-3)37(59)19-31(38(60)23-52-22-34-35(45)17-30(18-36(34)46)32-21-54-58(24-32)41(47)48)16-28-7-4-27(5-8-28)6-9-29-10-11-39(53-20-29)57-14-12-56(13-15-57)33-25-63-26-33;1-8(2,9(10,11)12)5(7(13)15)4-6(14)16-3/h4-5,7-8,10-11,17-18,20-21,24,31,33,38,40-41,52,60H,12-16,19,22-23,25-26H2,1-3H3,(H,55,61);5H,4H2,1-3H3,(H2,13,15)/t31-,38+,40-;5-/m11/s1. The molecule has 2 aromatic heterocycles. The minimum atomic E-state index is -4.94. The van der Waals surface area contributed by atoms with Crippen molar-refractivity contribution in [3.05, 3.63) is 101 Å². The van der Waals surface area contributed by atoms with E-state index in [1.165, 1.54) is 0 Å². The van der Waals surface area contributed by atoms with Gasteiger partial charge in [0.25, 0.3) is 0 Å². The number of alkyl halides is 8. The summed E-state index contributed by atoms with van der Waals surface area (Å²) < 4.78 is 151. The van der Waals surface area contributed by atoms with Crippen molar-refractivity contribution < 1.29 is 82.4 Å². The second-order valence-corrected chi connectivity index (χ2v) is 20.0. The Balaban J connectivity index is 0.000000621. The summed E-state index contributed by atoms with van der Waals surface area (Å²) in [5, 5.41) is 19.6. The molecule has 2 fully saturated rings. The lowest BCUT2D eigenvalue weighted by Gasteiger charge is -2.42. The van der Waals surface area contributed by atoms with Gasteiger partial charge >= 0.3 is 31.0 Å². The Bertz CT molecular complexity index is 2750. The van der Waals surface area contributed by atoms with E-state index in [1.54, 1.807) is 30.5 Å². The van der Waals surface area contributed by atoms with Gasteiger partial charge in [-0.15, -0.1) is 0 Å². The Kier molecular flexibility index (Phi) is 21.5. The fraction of sp³-hybridized carbons (Fsp3) is 0.509. The number of ketones is 1. The Morgan fingerprint density at radius 3 is 1.91 bits per heavy atom.